The summed E-state index contributed by atoms with van der Waals surface area (Å²) in [6, 6.07) is 14.6. The van der Waals surface area contributed by atoms with Crippen LogP contribution in [0.25, 0.3) is 10.9 Å². The summed E-state index contributed by atoms with van der Waals surface area (Å²) in [5, 5.41) is 17.8. The van der Waals surface area contributed by atoms with Crippen molar-refractivity contribution in [2.75, 3.05) is 31.3 Å². The summed E-state index contributed by atoms with van der Waals surface area (Å²) in [5.41, 5.74) is 4.51. The fraction of sp³-hybridized carbons (Fsp3) is 0.241. The Morgan fingerprint density at radius 1 is 1.13 bits per heavy atom. The summed E-state index contributed by atoms with van der Waals surface area (Å²) in [4.78, 5) is 23.3. The third-order valence-corrected chi connectivity index (χ3v) is 6.50. The van der Waals surface area contributed by atoms with Crippen LogP contribution in [0.1, 0.15) is 29.7 Å². The number of benzene rings is 2. The zero-order valence-electron chi connectivity index (χ0n) is 21.9. The van der Waals surface area contributed by atoms with Gasteiger partial charge in [0.25, 0.3) is 0 Å². The molecule has 0 aliphatic rings. The summed E-state index contributed by atoms with van der Waals surface area (Å²) in [6.07, 6.45) is 4.32. The minimum Gasteiger partial charge on any atom is -0.486 e. The number of nitriles is 1. The molecule has 0 spiro atoms. The molecule has 0 aliphatic carbocycles. The van der Waals surface area contributed by atoms with E-state index in [4.69, 9.17) is 27.9 Å². The maximum atomic E-state index is 12.6. The fourth-order valence-corrected chi connectivity index (χ4v) is 4.40. The van der Waals surface area contributed by atoms with E-state index in [0.29, 0.717) is 61.4 Å². The van der Waals surface area contributed by atoms with Crippen molar-refractivity contribution < 1.29 is 9.53 Å². The predicted octanol–water partition coefficient (Wildman–Crippen LogP) is 6.72. The lowest BCUT2D eigenvalue weighted by atomic mass is 10.0. The van der Waals surface area contributed by atoms with E-state index in [1.807, 2.05) is 44.1 Å². The predicted molar refractivity (Wildman–Crippen MR) is 156 cm³/mol. The summed E-state index contributed by atoms with van der Waals surface area (Å²) < 4.78 is 5.82. The second kappa shape index (κ2) is 12.8. The number of hydrogen-bond donors (Lipinski definition) is 2. The lowest BCUT2D eigenvalue weighted by Gasteiger charge is -2.16. The van der Waals surface area contributed by atoms with Crippen LogP contribution in [0.4, 0.5) is 17.1 Å². The molecule has 0 bridgehead atoms. The molecule has 4 rings (SSSR count). The van der Waals surface area contributed by atoms with Crippen LogP contribution in [-0.4, -0.2) is 41.4 Å². The minimum absolute atomic E-state index is 0.0615. The van der Waals surface area contributed by atoms with E-state index in [1.54, 1.807) is 30.5 Å². The Hall–Kier alpha value is -3.90. The zero-order valence-corrected chi connectivity index (χ0v) is 23.4. The number of nitrogens with zero attached hydrogens (tertiary/aromatic N) is 4. The van der Waals surface area contributed by atoms with Crippen LogP contribution in [0.2, 0.25) is 10.0 Å². The smallest absolute Gasteiger partial charge is 0.224 e. The van der Waals surface area contributed by atoms with E-state index in [2.05, 4.69) is 26.7 Å². The number of pyridine rings is 2. The van der Waals surface area contributed by atoms with Gasteiger partial charge in [0.05, 0.1) is 27.5 Å². The topological polar surface area (TPSA) is 103 Å². The van der Waals surface area contributed by atoms with Crippen LogP contribution in [0.5, 0.6) is 5.75 Å². The molecular formula is C29H28Cl2N6O2. The second-order valence-corrected chi connectivity index (χ2v) is 10.2. The first-order valence-electron chi connectivity index (χ1n) is 12.3. The van der Waals surface area contributed by atoms with Gasteiger partial charge in [0, 0.05) is 40.6 Å². The van der Waals surface area contributed by atoms with Gasteiger partial charge in [0.1, 0.15) is 18.4 Å². The van der Waals surface area contributed by atoms with E-state index in [-0.39, 0.29) is 12.5 Å². The number of hydrogen-bond acceptors (Lipinski definition) is 7. The van der Waals surface area contributed by atoms with E-state index in [9.17, 15) is 10.1 Å². The molecule has 0 radical (unpaired) electrons. The average molecular weight is 563 g/mol. The molecule has 0 unspecified atom stereocenters. The molecule has 0 atom stereocenters. The number of ether oxygens (including phenoxy) is 1. The molecule has 2 aromatic heterocycles. The maximum Gasteiger partial charge on any atom is 0.224 e. The van der Waals surface area contributed by atoms with Gasteiger partial charge in [0.15, 0.2) is 0 Å². The summed E-state index contributed by atoms with van der Waals surface area (Å²) in [5.74, 6) is 0.424. The highest BCUT2D eigenvalue weighted by Gasteiger charge is 2.14. The summed E-state index contributed by atoms with van der Waals surface area (Å²) in [7, 11) is 3.96. The summed E-state index contributed by atoms with van der Waals surface area (Å²) in [6.45, 7) is 2.96. The Labute approximate surface area is 237 Å². The first-order chi connectivity index (χ1) is 18.7. The van der Waals surface area contributed by atoms with Crippen LogP contribution in [0.3, 0.4) is 0 Å². The van der Waals surface area contributed by atoms with Crippen LogP contribution in [-0.2, 0) is 11.4 Å². The maximum absolute atomic E-state index is 12.6. The largest absolute Gasteiger partial charge is 0.486 e. The van der Waals surface area contributed by atoms with Gasteiger partial charge < -0.3 is 20.3 Å². The SMILES string of the molecule is Cc1cc2ncc(C#N)c(Nc3ccc(OCc4cc(Cl)ccn4)c(Cl)c3)c2cc1NC(=O)CCCN(C)C. The van der Waals surface area contributed by atoms with Crippen LogP contribution in [0, 0.1) is 18.3 Å². The Morgan fingerprint density at radius 3 is 2.67 bits per heavy atom. The normalized spacial score (nSPS) is 10.9. The average Bonchev–Trinajstić information content (AvgIpc) is 2.89. The third kappa shape index (κ3) is 7.36. The number of aromatic nitrogens is 2. The van der Waals surface area contributed by atoms with Gasteiger partial charge in [0.2, 0.25) is 5.91 Å². The van der Waals surface area contributed by atoms with E-state index in [0.717, 1.165) is 18.5 Å². The number of halogens is 2. The van der Waals surface area contributed by atoms with Crippen molar-refractivity contribution >= 4 is 57.1 Å². The molecule has 0 fully saturated rings. The highest BCUT2D eigenvalue weighted by atomic mass is 35.5. The van der Waals surface area contributed by atoms with Gasteiger partial charge in [-0.25, -0.2) is 0 Å². The second-order valence-electron chi connectivity index (χ2n) is 9.32. The fourth-order valence-electron chi connectivity index (χ4n) is 3.99. The number of anilines is 3. The molecule has 4 aromatic rings. The molecule has 1 amide bonds. The molecule has 2 heterocycles. The van der Waals surface area contributed by atoms with Crippen molar-refractivity contribution in [2.24, 2.45) is 0 Å². The first kappa shape index (κ1) is 28.1. The van der Waals surface area contributed by atoms with Crippen molar-refractivity contribution in [1.29, 1.82) is 5.26 Å². The standard InChI is InChI=1S/C29H28Cl2N6O2/c1-18-11-26-23(14-25(18)36-28(38)5-4-10-37(2)3)29(19(15-32)16-34-26)35-21-6-7-27(24(31)13-21)39-17-22-12-20(30)8-9-33-22/h6-9,11-14,16H,4-5,10,17H2,1-3H3,(H,34,35)(H,36,38). The van der Waals surface area contributed by atoms with Crippen LogP contribution >= 0.6 is 23.2 Å². The highest BCUT2D eigenvalue weighted by Crippen LogP contribution is 2.35. The quantitative estimate of drug-likeness (QED) is 0.221. The monoisotopic (exact) mass is 562 g/mol. The molecule has 2 aromatic carbocycles. The van der Waals surface area contributed by atoms with Gasteiger partial charge in [-0.15, -0.1) is 0 Å². The zero-order chi connectivity index (χ0) is 27.9. The lowest BCUT2D eigenvalue weighted by Crippen LogP contribution is -2.17. The first-order valence-corrected chi connectivity index (χ1v) is 13.1. The van der Waals surface area contributed by atoms with Crippen molar-refractivity contribution in [3.63, 3.8) is 0 Å². The van der Waals surface area contributed by atoms with Gasteiger partial charge in [-0.05, 0) is 82.0 Å². The Kier molecular flexibility index (Phi) is 9.20. The molecule has 39 heavy (non-hydrogen) atoms. The van der Waals surface area contributed by atoms with Crippen molar-refractivity contribution in [3.8, 4) is 11.8 Å². The number of nitrogens with one attached hydrogen (secondary N) is 2. The Bertz CT molecular complexity index is 1550. The van der Waals surface area contributed by atoms with Crippen LogP contribution in [0.15, 0.2) is 54.9 Å². The molecule has 0 aliphatic heterocycles. The van der Waals surface area contributed by atoms with E-state index < -0.39 is 0 Å². The lowest BCUT2D eigenvalue weighted by molar-refractivity contribution is -0.116. The number of rotatable bonds is 10. The number of amides is 1. The van der Waals surface area contributed by atoms with Gasteiger partial charge in [-0.2, -0.15) is 5.26 Å². The van der Waals surface area contributed by atoms with Gasteiger partial charge >= 0.3 is 0 Å². The third-order valence-electron chi connectivity index (χ3n) is 5.97. The van der Waals surface area contributed by atoms with E-state index in [1.165, 1.54) is 6.20 Å². The molecule has 8 nitrogen and oxygen atoms in total. The Morgan fingerprint density at radius 2 is 1.95 bits per heavy atom. The van der Waals surface area contributed by atoms with Gasteiger partial charge in [-0.3, -0.25) is 14.8 Å². The highest BCUT2D eigenvalue weighted by molar-refractivity contribution is 6.32. The molecule has 0 saturated heterocycles. The van der Waals surface area contributed by atoms with Gasteiger partial charge in [-0.1, -0.05) is 23.2 Å². The van der Waals surface area contributed by atoms with Crippen molar-refractivity contribution in [3.05, 3.63) is 81.7 Å². The minimum atomic E-state index is -0.0615. The summed E-state index contributed by atoms with van der Waals surface area (Å²) >= 11 is 12.5. The molecule has 0 saturated carbocycles. The van der Waals surface area contributed by atoms with Crippen molar-refractivity contribution in [2.45, 2.75) is 26.4 Å². The molecular weight excluding hydrogens is 535 g/mol. The number of carbonyl (C=O) groups excluding carboxylic acids is 1. The van der Waals surface area contributed by atoms with E-state index >= 15 is 0 Å². The molecule has 200 valence electrons. The number of carbonyl (C=O) groups is 1. The Balaban J connectivity index is 1.57. The molecule has 2 N–H and O–H groups in total. The number of fused-ring (bicyclic) bond motifs is 1. The molecule has 10 heteroatoms. The van der Waals surface area contributed by atoms with Crippen LogP contribution < -0.4 is 15.4 Å². The number of aryl methyl sites for hydroxylation is 1. The van der Waals surface area contributed by atoms with Crippen molar-refractivity contribution in [1.82, 2.24) is 14.9 Å².